The minimum absolute atomic E-state index is 0.108. The third-order valence-electron chi connectivity index (χ3n) is 5.57. The molecule has 1 unspecified atom stereocenters. The van der Waals surface area contributed by atoms with Crippen molar-refractivity contribution in [1.82, 2.24) is 19.5 Å². The van der Waals surface area contributed by atoms with Crippen LogP contribution in [-0.2, 0) is 20.8 Å². The zero-order valence-corrected chi connectivity index (χ0v) is 15.1. The highest BCUT2D eigenvalue weighted by atomic mass is 16.6. The number of aliphatic hydroxyl groups excluding tert-OH is 1. The first-order valence-electron chi connectivity index (χ1n) is 9.17. The summed E-state index contributed by atoms with van der Waals surface area (Å²) in [5.41, 5.74) is 7.27. The Labute approximate surface area is 161 Å². The zero-order valence-electron chi connectivity index (χ0n) is 15.1. The second kappa shape index (κ2) is 6.78. The fraction of sp³-hybridized carbons (Fsp3) is 0.421. The van der Waals surface area contributed by atoms with Crippen LogP contribution in [0.3, 0.4) is 0 Å². The number of rotatable bonds is 6. The maximum absolute atomic E-state index is 10.1. The van der Waals surface area contributed by atoms with Crippen LogP contribution in [0, 0.1) is 5.92 Å². The average molecular weight is 383 g/mol. The molecular formula is C19H21N5O4. The second-order valence-corrected chi connectivity index (χ2v) is 7.20. The predicted octanol–water partition coefficient (Wildman–Crippen LogP) is 0.900. The Kier molecular flexibility index (Phi) is 4.24. The van der Waals surface area contributed by atoms with E-state index in [1.165, 1.54) is 6.33 Å². The van der Waals surface area contributed by atoms with Crippen molar-refractivity contribution in [1.29, 1.82) is 0 Å². The SMILES string of the molecule is Nc1ncnc2c1ncn2[C@@H]1O[C@@]2(CO)CO[C@H]1C2COCc1ccccc1. The minimum atomic E-state index is -0.804. The molecule has 2 aromatic heterocycles. The van der Waals surface area contributed by atoms with Crippen molar-refractivity contribution >= 4 is 17.0 Å². The van der Waals surface area contributed by atoms with E-state index < -0.39 is 11.8 Å². The summed E-state index contributed by atoms with van der Waals surface area (Å²) in [5, 5.41) is 10.1. The minimum Gasteiger partial charge on any atom is -0.393 e. The van der Waals surface area contributed by atoms with E-state index in [0.717, 1.165) is 5.56 Å². The number of fused-ring (bicyclic) bond motifs is 3. The van der Waals surface area contributed by atoms with Gasteiger partial charge in [-0.25, -0.2) is 15.0 Å². The van der Waals surface area contributed by atoms with Gasteiger partial charge in [0.25, 0.3) is 0 Å². The van der Waals surface area contributed by atoms with Crippen molar-refractivity contribution in [3.05, 3.63) is 48.5 Å². The number of imidazole rings is 1. The second-order valence-electron chi connectivity index (χ2n) is 7.20. The van der Waals surface area contributed by atoms with E-state index in [9.17, 15) is 5.11 Å². The highest BCUT2D eigenvalue weighted by Gasteiger charge is 2.61. The molecule has 2 saturated heterocycles. The van der Waals surface area contributed by atoms with Crippen LogP contribution in [0.4, 0.5) is 5.82 Å². The van der Waals surface area contributed by atoms with Gasteiger partial charge in [0, 0.05) is 5.92 Å². The van der Waals surface area contributed by atoms with Crippen LogP contribution >= 0.6 is 0 Å². The normalized spacial score (nSPS) is 29.0. The number of aromatic nitrogens is 4. The molecule has 146 valence electrons. The van der Waals surface area contributed by atoms with Gasteiger partial charge in [-0.2, -0.15) is 0 Å². The van der Waals surface area contributed by atoms with Gasteiger partial charge in [0.05, 0.1) is 32.8 Å². The summed E-state index contributed by atoms with van der Waals surface area (Å²) < 4.78 is 20.0. The number of nitrogens with zero attached hydrogens (tertiary/aromatic N) is 4. The van der Waals surface area contributed by atoms with E-state index in [0.29, 0.717) is 36.8 Å². The summed E-state index contributed by atoms with van der Waals surface area (Å²) in [7, 11) is 0. The zero-order chi connectivity index (χ0) is 19.1. The van der Waals surface area contributed by atoms with Gasteiger partial charge in [-0.1, -0.05) is 30.3 Å². The Morgan fingerprint density at radius 2 is 2.11 bits per heavy atom. The van der Waals surface area contributed by atoms with Gasteiger partial charge in [0.1, 0.15) is 23.5 Å². The van der Waals surface area contributed by atoms with Crippen LogP contribution in [-0.4, -0.2) is 56.2 Å². The molecule has 2 aliphatic heterocycles. The van der Waals surface area contributed by atoms with Gasteiger partial charge in [-0.05, 0) is 5.56 Å². The van der Waals surface area contributed by atoms with Gasteiger partial charge in [0.2, 0.25) is 0 Å². The van der Waals surface area contributed by atoms with E-state index in [4.69, 9.17) is 19.9 Å². The van der Waals surface area contributed by atoms with Crippen molar-refractivity contribution in [3.8, 4) is 0 Å². The van der Waals surface area contributed by atoms with Crippen LogP contribution in [0.15, 0.2) is 43.0 Å². The number of anilines is 1. The first kappa shape index (κ1) is 17.5. The van der Waals surface area contributed by atoms with Crippen LogP contribution < -0.4 is 5.73 Å². The van der Waals surface area contributed by atoms with Crippen LogP contribution in [0.2, 0.25) is 0 Å². The van der Waals surface area contributed by atoms with Gasteiger partial charge in [-0.15, -0.1) is 0 Å². The fourth-order valence-corrected chi connectivity index (χ4v) is 4.07. The molecule has 1 aromatic carbocycles. The Hall–Kier alpha value is -2.59. The van der Waals surface area contributed by atoms with E-state index >= 15 is 0 Å². The third-order valence-corrected chi connectivity index (χ3v) is 5.57. The fourth-order valence-electron chi connectivity index (χ4n) is 4.07. The Bertz CT molecular complexity index is 981. The molecule has 9 nitrogen and oxygen atoms in total. The summed E-state index contributed by atoms with van der Waals surface area (Å²) in [4.78, 5) is 12.6. The lowest BCUT2D eigenvalue weighted by atomic mass is 9.90. The highest BCUT2D eigenvalue weighted by molar-refractivity contribution is 5.81. The lowest BCUT2D eigenvalue weighted by Crippen LogP contribution is -2.42. The van der Waals surface area contributed by atoms with Gasteiger partial charge < -0.3 is 25.1 Å². The first-order chi connectivity index (χ1) is 13.7. The van der Waals surface area contributed by atoms with E-state index in [1.54, 1.807) is 10.9 Å². The van der Waals surface area contributed by atoms with Crippen LogP contribution in [0.1, 0.15) is 11.8 Å². The Balaban J connectivity index is 1.38. The summed E-state index contributed by atoms with van der Waals surface area (Å²) in [6, 6.07) is 9.96. The Morgan fingerprint density at radius 1 is 1.25 bits per heavy atom. The molecule has 28 heavy (non-hydrogen) atoms. The molecule has 4 atom stereocenters. The number of benzene rings is 1. The van der Waals surface area contributed by atoms with Gasteiger partial charge in [0.15, 0.2) is 17.7 Å². The van der Waals surface area contributed by atoms with Crippen molar-refractivity contribution in [2.75, 3.05) is 25.6 Å². The van der Waals surface area contributed by atoms with Crippen LogP contribution in [0.5, 0.6) is 0 Å². The molecule has 0 saturated carbocycles. The summed E-state index contributed by atoms with van der Waals surface area (Å²) in [5.74, 6) is 0.204. The molecule has 0 amide bonds. The highest BCUT2D eigenvalue weighted by Crippen LogP contribution is 2.49. The molecule has 9 heteroatoms. The number of hydrogen-bond donors (Lipinski definition) is 2. The molecule has 2 aliphatic rings. The molecule has 5 rings (SSSR count). The number of nitrogens with two attached hydrogens (primary N) is 1. The lowest BCUT2D eigenvalue weighted by Gasteiger charge is -2.30. The average Bonchev–Trinajstić information content (AvgIpc) is 3.40. The largest absolute Gasteiger partial charge is 0.393 e. The molecule has 2 bridgehead atoms. The van der Waals surface area contributed by atoms with Gasteiger partial charge >= 0.3 is 0 Å². The van der Waals surface area contributed by atoms with Crippen molar-refractivity contribution < 1.29 is 19.3 Å². The summed E-state index contributed by atoms with van der Waals surface area (Å²) in [6.45, 7) is 1.09. The maximum atomic E-state index is 10.1. The third kappa shape index (κ3) is 2.67. The molecule has 0 radical (unpaired) electrons. The number of nitrogen functional groups attached to an aromatic ring is 1. The predicted molar refractivity (Wildman–Crippen MR) is 99.0 cm³/mol. The quantitative estimate of drug-likeness (QED) is 0.645. The van der Waals surface area contributed by atoms with Gasteiger partial charge in [-0.3, -0.25) is 4.57 Å². The number of ether oxygens (including phenoxy) is 3. The molecule has 4 heterocycles. The molecule has 3 N–H and O–H groups in total. The number of hydrogen-bond acceptors (Lipinski definition) is 8. The van der Waals surface area contributed by atoms with Crippen molar-refractivity contribution in [2.45, 2.75) is 24.5 Å². The smallest absolute Gasteiger partial charge is 0.167 e. The van der Waals surface area contributed by atoms with Crippen LogP contribution in [0.25, 0.3) is 11.2 Å². The number of aliphatic hydroxyl groups is 1. The molecular weight excluding hydrogens is 362 g/mol. The topological polar surface area (TPSA) is 118 Å². The summed E-state index contributed by atoms with van der Waals surface area (Å²) >= 11 is 0. The summed E-state index contributed by atoms with van der Waals surface area (Å²) in [6.07, 6.45) is 2.27. The maximum Gasteiger partial charge on any atom is 0.167 e. The van der Waals surface area contributed by atoms with Crippen molar-refractivity contribution in [2.24, 2.45) is 5.92 Å². The van der Waals surface area contributed by atoms with E-state index in [2.05, 4.69) is 15.0 Å². The molecule has 2 fully saturated rings. The Morgan fingerprint density at radius 3 is 2.93 bits per heavy atom. The van der Waals surface area contributed by atoms with E-state index in [1.807, 2.05) is 30.3 Å². The lowest BCUT2D eigenvalue weighted by molar-refractivity contribution is -0.184. The molecule has 3 aromatic rings. The first-order valence-corrected chi connectivity index (χ1v) is 9.17. The van der Waals surface area contributed by atoms with Crippen molar-refractivity contribution in [3.63, 3.8) is 0 Å². The van der Waals surface area contributed by atoms with E-state index in [-0.39, 0.29) is 18.6 Å². The molecule has 0 aliphatic carbocycles. The monoisotopic (exact) mass is 383 g/mol. The molecule has 0 spiro atoms. The standard InChI is InChI=1S/C19H21N5O4/c20-16-14-17(22-10-21-16)24(11-23-14)18-15-13(19(8-25,28-18)9-27-15)7-26-6-12-4-2-1-3-5-12/h1-5,10-11,13,15,18,25H,6-9H2,(H2,20,21,22)/t13?,15-,18+,19-/m0/s1.